The Morgan fingerprint density at radius 1 is 1.00 bits per heavy atom. The minimum absolute atomic E-state index is 0.204. The van der Waals surface area contributed by atoms with E-state index in [1.165, 1.54) is 40.6 Å². The van der Waals surface area contributed by atoms with E-state index >= 15 is 0 Å². The predicted molar refractivity (Wildman–Crippen MR) is 93.1 cm³/mol. The lowest BCUT2D eigenvalue weighted by Gasteiger charge is -2.11. The van der Waals surface area contributed by atoms with Crippen LogP contribution >= 0.6 is 0 Å². The van der Waals surface area contributed by atoms with Crippen molar-refractivity contribution >= 4 is 10.9 Å². The lowest BCUT2D eigenvalue weighted by atomic mass is 10.1. The summed E-state index contributed by atoms with van der Waals surface area (Å²) < 4.78 is 2.43. The zero-order valence-electron chi connectivity index (χ0n) is 13.1. The SMILES string of the molecule is CCCCn1c(-c2ccc(CCO)cc2)cc2ccccc21. The van der Waals surface area contributed by atoms with Crippen LogP contribution in [-0.4, -0.2) is 16.3 Å². The van der Waals surface area contributed by atoms with E-state index in [0.717, 1.165) is 13.0 Å². The second-order valence-corrected chi connectivity index (χ2v) is 5.76. The predicted octanol–water partition coefficient (Wildman–Crippen LogP) is 4.64. The fourth-order valence-corrected chi connectivity index (χ4v) is 2.98. The summed E-state index contributed by atoms with van der Waals surface area (Å²) >= 11 is 0. The summed E-state index contributed by atoms with van der Waals surface area (Å²) in [7, 11) is 0. The second-order valence-electron chi connectivity index (χ2n) is 5.76. The summed E-state index contributed by atoms with van der Waals surface area (Å²) in [6.45, 7) is 3.49. The molecular weight excluding hydrogens is 270 g/mol. The Kier molecular flexibility index (Phi) is 4.59. The van der Waals surface area contributed by atoms with Crippen LogP contribution in [0.25, 0.3) is 22.2 Å². The molecule has 0 atom stereocenters. The average molecular weight is 293 g/mol. The van der Waals surface area contributed by atoms with Crippen molar-refractivity contribution in [2.24, 2.45) is 0 Å². The molecule has 2 nitrogen and oxygen atoms in total. The smallest absolute Gasteiger partial charge is 0.0491 e. The van der Waals surface area contributed by atoms with E-state index in [-0.39, 0.29) is 6.61 Å². The maximum Gasteiger partial charge on any atom is 0.0491 e. The van der Waals surface area contributed by atoms with Gasteiger partial charge in [0.25, 0.3) is 0 Å². The van der Waals surface area contributed by atoms with Crippen molar-refractivity contribution < 1.29 is 5.11 Å². The highest BCUT2D eigenvalue weighted by Gasteiger charge is 2.10. The Bertz CT molecular complexity index is 740. The number of fused-ring (bicyclic) bond motifs is 1. The van der Waals surface area contributed by atoms with Gasteiger partial charge in [0.05, 0.1) is 0 Å². The third kappa shape index (κ3) is 2.93. The first kappa shape index (κ1) is 14.9. The highest BCUT2D eigenvalue weighted by atomic mass is 16.2. The summed E-state index contributed by atoms with van der Waals surface area (Å²) in [5, 5.41) is 10.3. The fourth-order valence-electron chi connectivity index (χ4n) is 2.98. The molecule has 0 fully saturated rings. The number of aryl methyl sites for hydroxylation is 1. The number of para-hydroxylation sites is 1. The molecule has 22 heavy (non-hydrogen) atoms. The van der Waals surface area contributed by atoms with Gasteiger partial charge < -0.3 is 9.67 Å². The van der Waals surface area contributed by atoms with Crippen LogP contribution in [0.5, 0.6) is 0 Å². The molecule has 0 aliphatic carbocycles. The highest BCUT2D eigenvalue weighted by Crippen LogP contribution is 2.29. The van der Waals surface area contributed by atoms with E-state index in [1.54, 1.807) is 0 Å². The monoisotopic (exact) mass is 293 g/mol. The molecular formula is C20H23NO. The Hall–Kier alpha value is -2.06. The van der Waals surface area contributed by atoms with Gasteiger partial charge >= 0.3 is 0 Å². The number of rotatable bonds is 6. The first-order chi connectivity index (χ1) is 10.8. The van der Waals surface area contributed by atoms with E-state index in [9.17, 15) is 0 Å². The molecule has 0 amide bonds. The standard InChI is InChI=1S/C20H23NO/c1-2-3-13-21-19-7-5-4-6-18(19)15-20(21)17-10-8-16(9-11-17)12-14-22/h4-11,15,22H,2-3,12-14H2,1H3. The largest absolute Gasteiger partial charge is 0.396 e. The van der Waals surface area contributed by atoms with Crippen molar-refractivity contribution in [3.05, 3.63) is 60.2 Å². The molecule has 0 aliphatic rings. The van der Waals surface area contributed by atoms with Gasteiger partial charge in [-0.05, 0) is 36.1 Å². The maximum atomic E-state index is 9.04. The lowest BCUT2D eigenvalue weighted by molar-refractivity contribution is 0.299. The zero-order valence-corrected chi connectivity index (χ0v) is 13.1. The van der Waals surface area contributed by atoms with Crippen LogP contribution < -0.4 is 0 Å². The van der Waals surface area contributed by atoms with E-state index < -0.39 is 0 Å². The molecule has 2 heteroatoms. The van der Waals surface area contributed by atoms with Gasteiger partial charge in [-0.15, -0.1) is 0 Å². The van der Waals surface area contributed by atoms with E-state index in [1.807, 2.05) is 0 Å². The van der Waals surface area contributed by atoms with Crippen LogP contribution in [0.2, 0.25) is 0 Å². The Morgan fingerprint density at radius 3 is 2.50 bits per heavy atom. The van der Waals surface area contributed by atoms with Crippen LogP contribution in [0.1, 0.15) is 25.3 Å². The minimum atomic E-state index is 0.204. The minimum Gasteiger partial charge on any atom is -0.396 e. The number of hydrogen-bond donors (Lipinski definition) is 1. The molecule has 0 unspecified atom stereocenters. The number of unbranched alkanes of at least 4 members (excludes halogenated alkanes) is 1. The van der Waals surface area contributed by atoms with Gasteiger partial charge in [0, 0.05) is 29.7 Å². The van der Waals surface area contributed by atoms with Gasteiger partial charge in [-0.1, -0.05) is 55.8 Å². The summed E-state index contributed by atoms with van der Waals surface area (Å²) in [4.78, 5) is 0. The Labute approximate surface area is 132 Å². The molecule has 1 N–H and O–H groups in total. The molecule has 114 valence electrons. The molecule has 3 aromatic rings. The molecule has 3 rings (SSSR count). The van der Waals surface area contributed by atoms with Crippen LogP contribution in [0, 0.1) is 0 Å². The molecule has 1 aromatic heterocycles. The molecule has 0 saturated heterocycles. The Balaban J connectivity index is 2.04. The molecule has 1 heterocycles. The lowest BCUT2D eigenvalue weighted by Crippen LogP contribution is -2.00. The second kappa shape index (κ2) is 6.80. The molecule has 2 aromatic carbocycles. The van der Waals surface area contributed by atoms with E-state index in [0.29, 0.717) is 0 Å². The topological polar surface area (TPSA) is 25.2 Å². The van der Waals surface area contributed by atoms with Crippen molar-refractivity contribution in [1.29, 1.82) is 0 Å². The summed E-state index contributed by atoms with van der Waals surface area (Å²) in [5.41, 5.74) is 5.02. The van der Waals surface area contributed by atoms with Crippen LogP contribution in [0.3, 0.4) is 0 Å². The number of aliphatic hydroxyl groups excluding tert-OH is 1. The first-order valence-corrected chi connectivity index (χ1v) is 8.12. The third-order valence-electron chi connectivity index (χ3n) is 4.20. The molecule has 0 aliphatic heterocycles. The number of aliphatic hydroxyl groups is 1. The van der Waals surface area contributed by atoms with Gasteiger partial charge in [0.15, 0.2) is 0 Å². The van der Waals surface area contributed by atoms with Crippen molar-refractivity contribution in [2.75, 3.05) is 6.61 Å². The average Bonchev–Trinajstić information content (AvgIpc) is 2.92. The highest BCUT2D eigenvalue weighted by molar-refractivity contribution is 5.87. The molecule has 0 spiro atoms. The maximum absolute atomic E-state index is 9.04. The number of benzene rings is 2. The normalized spacial score (nSPS) is 11.2. The molecule has 0 saturated carbocycles. The van der Waals surface area contributed by atoms with Gasteiger partial charge in [-0.25, -0.2) is 0 Å². The van der Waals surface area contributed by atoms with Crippen molar-refractivity contribution in [2.45, 2.75) is 32.7 Å². The third-order valence-corrected chi connectivity index (χ3v) is 4.20. The van der Waals surface area contributed by atoms with E-state index in [4.69, 9.17) is 5.11 Å². The number of aromatic nitrogens is 1. The Morgan fingerprint density at radius 2 is 1.77 bits per heavy atom. The number of nitrogens with zero attached hydrogens (tertiary/aromatic N) is 1. The van der Waals surface area contributed by atoms with E-state index in [2.05, 4.69) is 66.1 Å². The van der Waals surface area contributed by atoms with Gasteiger partial charge in [-0.3, -0.25) is 0 Å². The zero-order chi connectivity index (χ0) is 15.4. The van der Waals surface area contributed by atoms with Crippen LogP contribution in [0.4, 0.5) is 0 Å². The van der Waals surface area contributed by atoms with Gasteiger partial charge in [0.2, 0.25) is 0 Å². The summed E-state index contributed by atoms with van der Waals surface area (Å²) in [6.07, 6.45) is 3.11. The summed E-state index contributed by atoms with van der Waals surface area (Å²) in [6, 6.07) is 19.5. The van der Waals surface area contributed by atoms with Crippen molar-refractivity contribution in [3.8, 4) is 11.3 Å². The number of hydrogen-bond acceptors (Lipinski definition) is 1. The summed E-state index contributed by atoms with van der Waals surface area (Å²) in [5.74, 6) is 0. The quantitative estimate of drug-likeness (QED) is 0.703. The van der Waals surface area contributed by atoms with Crippen molar-refractivity contribution in [3.63, 3.8) is 0 Å². The molecule has 0 radical (unpaired) electrons. The van der Waals surface area contributed by atoms with Crippen LogP contribution in [0.15, 0.2) is 54.6 Å². The van der Waals surface area contributed by atoms with Crippen molar-refractivity contribution in [1.82, 2.24) is 4.57 Å². The molecule has 0 bridgehead atoms. The van der Waals surface area contributed by atoms with Gasteiger partial charge in [-0.2, -0.15) is 0 Å². The van der Waals surface area contributed by atoms with Gasteiger partial charge in [0.1, 0.15) is 0 Å². The van der Waals surface area contributed by atoms with Crippen LogP contribution in [-0.2, 0) is 13.0 Å². The first-order valence-electron chi connectivity index (χ1n) is 8.12. The fraction of sp³-hybridized carbons (Fsp3) is 0.300.